The van der Waals surface area contributed by atoms with Gasteiger partial charge in [0.15, 0.2) is 16.6 Å². The minimum Gasteiger partial charge on any atom is -0.491 e. The van der Waals surface area contributed by atoms with Crippen LogP contribution in [0.1, 0.15) is 6.42 Å². The molecule has 0 radical (unpaired) electrons. The summed E-state index contributed by atoms with van der Waals surface area (Å²) in [5.74, 6) is 1.97. The molecule has 0 bridgehead atoms. The maximum absolute atomic E-state index is 12.4. The third-order valence-electron chi connectivity index (χ3n) is 5.76. The Morgan fingerprint density at radius 3 is 2.94 bits per heavy atom. The Morgan fingerprint density at radius 1 is 1.26 bits per heavy atom. The number of fused-ring (bicyclic) bond motifs is 3. The number of thiophene rings is 1. The van der Waals surface area contributed by atoms with E-state index < -0.39 is 6.09 Å². The zero-order chi connectivity index (χ0) is 23.3. The van der Waals surface area contributed by atoms with E-state index in [9.17, 15) is 4.79 Å². The molecular formula is C23H27N5O5S. The minimum atomic E-state index is -0.717. The smallest absolute Gasteiger partial charge is 0.443 e. The van der Waals surface area contributed by atoms with Crippen molar-refractivity contribution in [2.75, 3.05) is 58.4 Å². The second-order valence-corrected chi connectivity index (χ2v) is 8.81. The molecule has 0 saturated carbocycles. The van der Waals surface area contributed by atoms with E-state index in [1.165, 1.54) is 11.3 Å². The van der Waals surface area contributed by atoms with Crippen molar-refractivity contribution in [3.05, 3.63) is 35.3 Å². The van der Waals surface area contributed by atoms with Crippen molar-refractivity contribution in [1.82, 2.24) is 14.5 Å². The van der Waals surface area contributed by atoms with Crippen LogP contribution in [0.25, 0.3) is 10.9 Å². The number of carbonyl (C=O) groups excluding carboxylic acids is 1. The van der Waals surface area contributed by atoms with Gasteiger partial charge < -0.3 is 24.3 Å². The highest BCUT2D eigenvalue weighted by Crippen LogP contribution is 2.37. The van der Waals surface area contributed by atoms with Gasteiger partial charge in [-0.3, -0.25) is 9.47 Å². The Morgan fingerprint density at radius 2 is 2.15 bits per heavy atom. The fourth-order valence-corrected chi connectivity index (χ4v) is 4.72. The van der Waals surface area contributed by atoms with Gasteiger partial charge in [-0.25, -0.2) is 9.78 Å². The first-order valence-electron chi connectivity index (χ1n) is 11.3. The minimum absolute atomic E-state index is 0.261. The molecule has 1 aromatic carbocycles. The number of methoxy groups -OCH3 is 1. The van der Waals surface area contributed by atoms with Crippen molar-refractivity contribution in [1.29, 1.82) is 0 Å². The maximum Gasteiger partial charge on any atom is 0.443 e. The first-order chi connectivity index (χ1) is 16.7. The number of morpholine rings is 1. The van der Waals surface area contributed by atoms with E-state index in [0.717, 1.165) is 50.5 Å². The molecule has 11 heteroatoms. The highest BCUT2D eigenvalue weighted by atomic mass is 32.1. The number of aromatic nitrogens is 2. The monoisotopic (exact) mass is 485 g/mol. The average molecular weight is 486 g/mol. The molecule has 0 spiro atoms. The van der Waals surface area contributed by atoms with E-state index in [-0.39, 0.29) is 5.62 Å². The lowest BCUT2D eigenvalue weighted by Gasteiger charge is -2.26. The number of anilines is 1. The maximum atomic E-state index is 12.4. The van der Waals surface area contributed by atoms with Crippen molar-refractivity contribution in [3.63, 3.8) is 0 Å². The Kier molecular flexibility index (Phi) is 6.93. The summed E-state index contributed by atoms with van der Waals surface area (Å²) in [4.78, 5) is 23.6. The van der Waals surface area contributed by atoms with Crippen molar-refractivity contribution in [2.24, 2.45) is 4.99 Å². The molecule has 0 unspecified atom stereocenters. The summed E-state index contributed by atoms with van der Waals surface area (Å²) in [7, 11) is 1.59. The van der Waals surface area contributed by atoms with Crippen LogP contribution in [0.2, 0.25) is 0 Å². The normalized spacial score (nSPS) is 16.3. The molecule has 2 aliphatic heterocycles. The van der Waals surface area contributed by atoms with E-state index in [0.29, 0.717) is 41.8 Å². The number of rotatable bonds is 7. The van der Waals surface area contributed by atoms with Gasteiger partial charge in [-0.1, -0.05) is 0 Å². The van der Waals surface area contributed by atoms with E-state index in [1.54, 1.807) is 13.2 Å². The summed E-state index contributed by atoms with van der Waals surface area (Å²) in [5, 5.41) is 6.56. The first kappa shape index (κ1) is 22.6. The molecule has 2 aliphatic rings. The van der Waals surface area contributed by atoms with E-state index in [2.05, 4.69) is 20.2 Å². The summed E-state index contributed by atoms with van der Waals surface area (Å²) < 4.78 is 24.3. The van der Waals surface area contributed by atoms with Crippen LogP contribution in [0.15, 0.2) is 34.6 Å². The quantitative estimate of drug-likeness (QED) is 0.510. The van der Waals surface area contributed by atoms with Gasteiger partial charge in [-0.2, -0.15) is 0 Å². The molecule has 4 heterocycles. The molecule has 1 N–H and O–H groups in total. The van der Waals surface area contributed by atoms with Crippen LogP contribution in [0, 0.1) is 0 Å². The molecule has 1 amide bonds. The van der Waals surface area contributed by atoms with Gasteiger partial charge in [-0.05, 0) is 36.1 Å². The zero-order valence-electron chi connectivity index (χ0n) is 19.0. The second-order valence-electron chi connectivity index (χ2n) is 7.90. The summed E-state index contributed by atoms with van der Waals surface area (Å²) in [6.45, 7) is 6.37. The van der Waals surface area contributed by atoms with Crippen LogP contribution in [0.4, 0.5) is 10.6 Å². The van der Waals surface area contributed by atoms with Crippen molar-refractivity contribution in [2.45, 2.75) is 13.0 Å². The molecule has 34 heavy (non-hydrogen) atoms. The van der Waals surface area contributed by atoms with Crippen molar-refractivity contribution >= 4 is 34.2 Å². The molecule has 180 valence electrons. The highest BCUT2D eigenvalue weighted by Gasteiger charge is 2.21. The fourth-order valence-electron chi connectivity index (χ4n) is 4.15. The summed E-state index contributed by atoms with van der Waals surface area (Å²) in [6, 6.07) is 7.39. The molecule has 1 fully saturated rings. The van der Waals surface area contributed by atoms with Gasteiger partial charge in [0.1, 0.15) is 11.3 Å². The SMILES string of the molecule is COc1c(OCCCN2CCOCC2)ccc2c3n(c(=NC(=O)Oc4cccs4)nc12)CCN3. The summed E-state index contributed by atoms with van der Waals surface area (Å²) >= 11 is 1.33. The van der Waals surface area contributed by atoms with Crippen LogP contribution in [-0.2, 0) is 11.3 Å². The molecule has 1 saturated heterocycles. The number of ether oxygens (including phenoxy) is 4. The number of carbonyl (C=O) groups is 1. The number of nitrogens with one attached hydrogen (secondary N) is 1. The van der Waals surface area contributed by atoms with Gasteiger partial charge in [0.05, 0.1) is 26.9 Å². The van der Waals surface area contributed by atoms with Crippen molar-refractivity contribution in [3.8, 4) is 16.6 Å². The molecule has 2 aromatic heterocycles. The molecule has 10 nitrogen and oxygen atoms in total. The molecular weight excluding hydrogens is 458 g/mol. The Labute approximate surface area is 200 Å². The van der Waals surface area contributed by atoms with Crippen LogP contribution in [0.5, 0.6) is 16.6 Å². The van der Waals surface area contributed by atoms with Gasteiger partial charge in [0.25, 0.3) is 0 Å². The Hall–Kier alpha value is -3.15. The lowest BCUT2D eigenvalue weighted by molar-refractivity contribution is 0.0357. The van der Waals surface area contributed by atoms with Gasteiger partial charge in [-0.15, -0.1) is 16.3 Å². The summed E-state index contributed by atoms with van der Waals surface area (Å²) in [5.41, 5.74) is 0.841. The molecule has 3 aromatic rings. The van der Waals surface area contributed by atoms with E-state index >= 15 is 0 Å². The van der Waals surface area contributed by atoms with Crippen LogP contribution in [-0.4, -0.2) is 73.7 Å². The van der Waals surface area contributed by atoms with Crippen LogP contribution >= 0.6 is 11.3 Å². The molecule has 5 rings (SSSR count). The Bertz CT molecular complexity index is 1220. The number of hydrogen-bond acceptors (Lipinski definition) is 9. The number of amides is 1. The predicted molar refractivity (Wildman–Crippen MR) is 128 cm³/mol. The first-order valence-corrected chi connectivity index (χ1v) is 12.2. The largest absolute Gasteiger partial charge is 0.491 e. The number of hydrogen-bond donors (Lipinski definition) is 1. The van der Waals surface area contributed by atoms with Crippen LogP contribution in [0.3, 0.4) is 0 Å². The summed E-state index contributed by atoms with van der Waals surface area (Å²) in [6.07, 6.45) is 0.177. The third-order valence-corrected chi connectivity index (χ3v) is 6.50. The predicted octanol–water partition coefficient (Wildman–Crippen LogP) is 2.73. The Balaban J connectivity index is 1.40. The zero-order valence-corrected chi connectivity index (χ0v) is 19.8. The van der Waals surface area contributed by atoms with Crippen molar-refractivity contribution < 1.29 is 23.7 Å². The lowest BCUT2D eigenvalue weighted by Crippen LogP contribution is -2.37. The van der Waals surface area contributed by atoms with Gasteiger partial charge in [0.2, 0.25) is 5.62 Å². The highest BCUT2D eigenvalue weighted by molar-refractivity contribution is 7.11. The fraction of sp³-hybridized carbons (Fsp3) is 0.435. The van der Waals surface area contributed by atoms with E-state index in [4.69, 9.17) is 18.9 Å². The number of nitrogens with zero attached hydrogens (tertiary/aromatic N) is 4. The topological polar surface area (TPSA) is 99.4 Å². The average Bonchev–Trinajstić information content (AvgIpc) is 3.55. The van der Waals surface area contributed by atoms with Gasteiger partial charge in [0, 0.05) is 38.1 Å². The van der Waals surface area contributed by atoms with Crippen LogP contribution < -0.4 is 25.1 Å². The third kappa shape index (κ3) is 4.86. The number of benzene rings is 1. The van der Waals surface area contributed by atoms with E-state index in [1.807, 2.05) is 28.1 Å². The molecule has 0 aliphatic carbocycles. The molecule has 0 atom stereocenters. The lowest BCUT2D eigenvalue weighted by atomic mass is 10.2. The second kappa shape index (κ2) is 10.4. The standard InChI is InChI=1S/C23H27N5O5S/c1-30-20-17(32-12-3-8-27-10-13-31-14-11-27)6-5-16-19(20)25-22(28-9-7-24-21(16)28)26-23(29)33-18-4-2-15-34-18/h2,4-6,15,24H,3,7-14H2,1H3. The van der Waals surface area contributed by atoms with Gasteiger partial charge >= 0.3 is 6.09 Å².